The summed E-state index contributed by atoms with van der Waals surface area (Å²) in [5, 5.41) is 11.1. The summed E-state index contributed by atoms with van der Waals surface area (Å²) in [5.74, 6) is -1.24. The van der Waals surface area contributed by atoms with Crippen LogP contribution in [0.4, 0.5) is 10.1 Å². The van der Waals surface area contributed by atoms with Gasteiger partial charge in [0.1, 0.15) is 12.4 Å². The van der Waals surface area contributed by atoms with Gasteiger partial charge in [0.25, 0.3) is 0 Å². The van der Waals surface area contributed by atoms with E-state index >= 15 is 0 Å². The summed E-state index contributed by atoms with van der Waals surface area (Å²) in [6, 6.07) is 7.39. The predicted octanol–water partition coefficient (Wildman–Crippen LogP) is 3.75. The van der Waals surface area contributed by atoms with E-state index in [-0.39, 0.29) is 28.6 Å². The molecule has 0 heterocycles. The molecule has 0 fully saturated rings. The Morgan fingerprint density at radius 1 is 1.30 bits per heavy atom. The molecule has 0 atom stereocenters. The minimum atomic E-state index is -0.767. The lowest BCUT2D eigenvalue weighted by Crippen LogP contribution is -2.06. The topological polar surface area (TPSA) is 78.7 Å². The summed E-state index contributed by atoms with van der Waals surface area (Å²) in [6.45, 7) is -0.183. The molecule has 0 bridgehead atoms. The second kappa shape index (κ2) is 7.06. The van der Waals surface area contributed by atoms with Gasteiger partial charge in [-0.2, -0.15) is 0 Å². The Balaban J connectivity index is 2.14. The third-order valence-electron chi connectivity index (χ3n) is 2.99. The number of benzene rings is 2. The Bertz CT molecular complexity index is 766. The van der Waals surface area contributed by atoms with Gasteiger partial charge in [-0.25, -0.2) is 9.18 Å². The largest absolute Gasteiger partial charge is 0.490 e. The van der Waals surface area contributed by atoms with E-state index in [0.29, 0.717) is 5.56 Å². The molecule has 0 aliphatic rings. The van der Waals surface area contributed by atoms with Gasteiger partial charge >= 0.3 is 11.7 Å². The number of nitro benzene ring substituents is 1. The number of rotatable bonds is 5. The van der Waals surface area contributed by atoms with Crippen LogP contribution < -0.4 is 4.74 Å². The molecule has 2 aromatic carbocycles. The fourth-order valence-corrected chi connectivity index (χ4v) is 2.05. The molecular weight excluding hydrogens is 329 g/mol. The van der Waals surface area contributed by atoms with Gasteiger partial charge in [-0.05, 0) is 24.3 Å². The highest BCUT2D eigenvalue weighted by Crippen LogP contribution is 2.28. The summed E-state index contributed by atoms with van der Waals surface area (Å²) in [5.41, 5.74) is 0.0712. The quantitative estimate of drug-likeness (QED) is 0.471. The first-order chi connectivity index (χ1) is 10.9. The van der Waals surface area contributed by atoms with Crippen LogP contribution in [0.5, 0.6) is 5.75 Å². The zero-order valence-electron chi connectivity index (χ0n) is 11.9. The number of nitro groups is 1. The summed E-state index contributed by atoms with van der Waals surface area (Å²) < 4.78 is 22.8. The molecule has 0 radical (unpaired) electrons. The van der Waals surface area contributed by atoms with Crippen molar-refractivity contribution in [1.29, 1.82) is 0 Å². The predicted molar refractivity (Wildman–Crippen MR) is 80.2 cm³/mol. The third kappa shape index (κ3) is 3.95. The zero-order valence-corrected chi connectivity index (χ0v) is 12.7. The van der Waals surface area contributed by atoms with Gasteiger partial charge in [-0.1, -0.05) is 17.7 Å². The first-order valence-corrected chi connectivity index (χ1v) is 6.73. The highest BCUT2D eigenvalue weighted by atomic mass is 35.5. The molecule has 8 heteroatoms. The van der Waals surface area contributed by atoms with Crippen LogP contribution >= 0.6 is 11.6 Å². The number of carbonyl (C=O) groups excluding carboxylic acids is 1. The second-order valence-corrected chi connectivity index (χ2v) is 4.86. The van der Waals surface area contributed by atoms with Crippen molar-refractivity contribution < 1.29 is 23.6 Å². The number of hydrogen-bond acceptors (Lipinski definition) is 5. The van der Waals surface area contributed by atoms with Crippen molar-refractivity contribution in [2.45, 2.75) is 6.61 Å². The van der Waals surface area contributed by atoms with E-state index in [1.54, 1.807) is 0 Å². The highest BCUT2D eigenvalue weighted by molar-refractivity contribution is 6.31. The van der Waals surface area contributed by atoms with Crippen LogP contribution in [0.1, 0.15) is 15.9 Å². The van der Waals surface area contributed by atoms with Gasteiger partial charge in [-0.3, -0.25) is 10.1 Å². The monoisotopic (exact) mass is 339 g/mol. The maximum atomic E-state index is 12.9. The SMILES string of the molecule is COc1ccc(C(=O)OCc2ccc(F)cc2Cl)cc1[N+](=O)[O-]. The lowest BCUT2D eigenvalue weighted by Gasteiger charge is -2.08. The van der Waals surface area contributed by atoms with E-state index in [1.807, 2.05) is 0 Å². The zero-order chi connectivity index (χ0) is 17.0. The van der Waals surface area contributed by atoms with Crippen molar-refractivity contribution >= 4 is 23.3 Å². The minimum Gasteiger partial charge on any atom is -0.490 e. The molecule has 0 aromatic heterocycles. The molecular formula is C15H11ClFNO5. The van der Waals surface area contributed by atoms with E-state index in [9.17, 15) is 19.3 Å². The third-order valence-corrected chi connectivity index (χ3v) is 3.34. The molecule has 0 N–H and O–H groups in total. The molecule has 0 aliphatic carbocycles. The van der Waals surface area contributed by atoms with Crippen LogP contribution in [-0.4, -0.2) is 18.0 Å². The molecule has 120 valence electrons. The van der Waals surface area contributed by atoms with E-state index in [0.717, 1.165) is 12.1 Å². The maximum absolute atomic E-state index is 12.9. The Morgan fingerprint density at radius 2 is 2.04 bits per heavy atom. The van der Waals surface area contributed by atoms with Crippen LogP contribution in [-0.2, 0) is 11.3 Å². The molecule has 0 saturated carbocycles. The fraction of sp³-hybridized carbons (Fsp3) is 0.133. The van der Waals surface area contributed by atoms with Gasteiger partial charge in [-0.15, -0.1) is 0 Å². The normalized spacial score (nSPS) is 10.2. The number of ether oxygens (including phenoxy) is 2. The summed E-state index contributed by atoms with van der Waals surface area (Å²) >= 11 is 5.83. The highest BCUT2D eigenvalue weighted by Gasteiger charge is 2.19. The van der Waals surface area contributed by atoms with E-state index < -0.39 is 16.7 Å². The molecule has 23 heavy (non-hydrogen) atoms. The van der Waals surface area contributed by atoms with Crippen molar-refractivity contribution in [3.63, 3.8) is 0 Å². The molecule has 6 nitrogen and oxygen atoms in total. The average molecular weight is 340 g/mol. The smallest absolute Gasteiger partial charge is 0.338 e. The molecule has 2 rings (SSSR count). The van der Waals surface area contributed by atoms with Crippen molar-refractivity contribution in [3.8, 4) is 5.75 Å². The number of nitrogens with zero attached hydrogens (tertiary/aromatic N) is 1. The number of esters is 1. The Hall–Kier alpha value is -2.67. The molecule has 0 amide bonds. The Labute approximate surface area is 135 Å². The summed E-state index contributed by atoms with van der Waals surface area (Å²) in [4.78, 5) is 22.2. The second-order valence-electron chi connectivity index (χ2n) is 4.46. The summed E-state index contributed by atoms with van der Waals surface area (Å²) in [7, 11) is 1.29. The lowest BCUT2D eigenvalue weighted by molar-refractivity contribution is -0.385. The Kier molecular flexibility index (Phi) is 5.13. The molecule has 0 unspecified atom stereocenters. The first kappa shape index (κ1) is 16.7. The molecule has 0 spiro atoms. The maximum Gasteiger partial charge on any atom is 0.338 e. The average Bonchev–Trinajstić information content (AvgIpc) is 2.53. The van der Waals surface area contributed by atoms with E-state index in [2.05, 4.69) is 0 Å². The van der Waals surface area contributed by atoms with E-state index in [1.165, 1.54) is 31.4 Å². The van der Waals surface area contributed by atoms with Crippen LogP contribution in [0.25, 0.3) is 0 Å². The Morgan fingerprint density at radius 3 is 2.65 bits per heavy atom. The summed E-state index contributed by atoms with van der Waals surface area (Å²) in [6.07, 6.45) is 0. The number of carbonyl (C=O) groups is 1. The van der Waals surface area contributed by atoms with Gasteiger partial charge in [0.15, 0.2) is 5.75 Å². The van der Waals surface area contributed by atoms with Crippen LogP contribution in [0, 0.1) is 15.9 Å². The van der Waals surface area contributed by atoms with Crippen LogP contribution in [0.2, 0.25) is 5.02 Å². The molecule has 2 aromatic rings. The first-order valence-electron chi connectivity index (χ1n) is 6.36. The van der Waals surface area contributed by atoms with Gasteiger partial charge in [0.2, 0.25) is 0 Å². The fourth-order valence-electron chi connectivity index (χ4n) is 1.83. The van der Waals surface area contributed by atoms with Crippen molar-refractivity contribution in [2.24, 2.45) is 0 Å². The number of hydrogen-bond donors (Lipinski definition) is 0. The number of methoxy groups -OCH3 is 1. The lowest BCUT2D eigenvalue weighted by atomic mass is 10.2. The minimum absolute atomic E-state index is 0.00395. The van der Waals surface area contributed by atoms with Crippen LogP contribution in [0.15, 0.2) is 36.4 Å². The van der Waals surface area contributed by atoms with Gasteiger partial charge in [0.05, 0.1) is 22.6 Å². The van der Waals surface area contributed by atoms with Gasteiger partial charge < -0.3 is 9.47 Å². The standard InChI is InChI=1S/C15H11ClFNO5/c1-22-14-5-3-9(6-13(14)18(20)21)15(19)23-8-10-2-4-11(17)7-12(10)16/h2-7H,8H2,1H3. The molecule has 0 saturated heterocycles. The van der Waals surface area contributed by atoms with Crippen molar-refractivity contribution in [3.05, 3.63) is 68.5 Å². The van der Waals surface area contributed by atoms with Crippen molar-refractivity contribution in [2.75, 3.05) is 7.11 Å². The van der Waals surface area contributed by atoms with Gasteiger partial charge in [0, 0.05) is 11.6 Å². The van der Waals surface area contributed by atoms with Crippen molar-refractivity contribution in [1.82, 2.24) is 0 Å². The number of halogens is 2. The van der Waals surface area contributed by atoms with E-state index in [4.69, 9.17) is 21.1 Å². The van der Waals surface area contributed by atoms with Crippen LogP contribution in [0.3, 0.4) is 0 Å². The molecule has 0 aliphatic heterocycles.